The molecule has 0 saturated carbocycles. The Balaban J connectivity index is 3.95. The number of amides is 1. The van der Waals surface area contributed by atoms with Gasteiger partial charge in [0.15, 0.2) is 0 Å². The fraction of sp³-hybridized carbons (Fsp3) is 0.875. The summed E-state index contributed by atoms with van der Waals surface area (Å²) >= 11 is 3.14. The zero-order valence-corrected chi connectivity index (χ0v) is 9.43. The Morgan fingerprint density at radius 2 is 2.17 bits per heavy atom. The second-order valence-corrected chi connectivity index (χ2v) is 3.37. The van der Waals surface area contributed by atoms with Crippen LogP contribution in [0.3, 0.4) is 0 Å². The van der Waals surface area contributed by atoms with Crippen molar-refractivity contribution in [1.82, 2.24) is 4.90 Å². The lowest BCUT2D eigenvalue weighted by atomic mass is 10.3. The number of hydrogen-bond acceptors (Lipinski definition) is 2. The number of halogens is 1. The second kappa shape index (κ2) is 6.43. The van der Waals surface area contributed by atoms with Crippen LogP contribution >= 0.6 is 15.9 Å². The molecule has 0 saturated heterocycles. The minimum atomic E-state index is 0.113. The maximum Gasteiger partial charge on any atom is 0.233 e. The molecule has 0 N–H and O–H groups in total. The van der Waals surface area contributed by atoms with Crippen molar-refractivity contribution in [2.45, 2.75) is 19.9 Å². The molecule has 0 aromatic carbocycles. The highest BCUT2D eigenvalue weighted by Gasteiger charge is 2.14. The molecule has 1 amide bonds. The standard InChI is InChI=1S/C8H16BrNO2/c1-7(2)10(4-5-12-3)8(11)6-9/h7H,4-6H2,1-3H3. The summed E-state index contributed by atoms with van der Waals surface area (Å²) in [6.07, 6.45) is 0. The molecule has 0 rings (SSSR count). The van der Waals surface area contributed by atoms with E-state index >= 15 is 0 Å². The van der Waals surface area contributed by atoms with Crippen LogP contribution in [0.1, 0.15) is 13.8 Å². The maximum atomic E-state index is 11.3. The Hall–Kier alpha value is -0.0900. The first kappa shape index (κ1) is 11.9. The monoisotopic (exact) mass is 237 g/mol. The van der Waals surface area contributed by atoms with Crippen LogP contribution in [0.25, 0.3) is 0 Å². The largest absolute Gasteiger partial charge is 0.383 e. The van der Waals surface area contributed by atoms with Gasteiger partial charge in [-0.05, 0) is 13.8 Å². The number of hydrogen-bond donors (Lipinski definition) is 0. The van der Waals surface area contributed by atoms with Gasteiger partial charge in [-0.25, -0.2) is 0 Å². The Kier molecular flexibility index (Phi) is 6.38. The molecule has 0 aliphatic carbocycles. The van der Waals surface area contributed by atoms with Crippen LogP contribution in [0.4, 0.5) is 0 Å². The molecule has 72 valence electrons. The third-order valence-electron chi connectivity index (χ3n) is 1.59. The third kappa shape index (κ3) is 4.07. The van der Waals surface area contributed by atoms with Crippen molar-refractivity contribution < 1.29 is 9.53 Å². The number of ether oxygens (including phenoxy) is 1. The number of carbonyl (C=O) groups excluding carboxylic acids is 1. The highest BCUT2D eigenvalue weighted by molar-refractivity contribution is 9.09. The summed E-state index contributed by atoms with van der Waals surface area (Å²) in [6, 6.07) is 0.241. The molecule has 0 spiro atoms. The molecule has 3 nitrogen and oxygen atoms in total. The van der Waals surface area contributed by atoms with Crippen LogP contribution < -0.4 is 0 Å². The molecule has 0 aliphatic rings. The molecule has 0 atom stereocenters. The molecule has 0 fully saturated rings. The average Bonchev–Trinajstić information content (AvgIpc) is 2.04. The molecule has 0 aromatic heterocycles. The van der Waals surface area contributed by atoms with Gasteiger partial charge in [0.25, 0.3) is 0 Å². The summed E-state index contributed by atoms with van der Waals surface area (Å²) in [5.74, 6) is 0.113. The van der Waals surface area contributed by atoms with Crippen LogP contribution in [-0.2, 0) is 9.53 Å². The van der Waals surface area contributed by atoms with Crippen molar-refractivity contribution in [3.63, 3.8) is 0 Å². The van der Waals surface area contributed by atoms with E-state index in [1.165, 1.54) is 0 Å². The highest BCUT2D eigenvalue weighted by atomic mass is 79.9. The predicted molar refractivity (Wildman–Crippen MR) is 52.5 cm³/mol. The predicted octanol–water partition coefficient (Wildman–Crippen LogP) is 1.26. The molecular formula is C8H16BrNO2. The second-order valence-electron chi connectivity index (χ2n) is 2.81. The van der Waals surface area contributed by atoms with Crippen molar-refractivity contribution in [1.29, 1.82) is 0 Å². The average molecular weight is 238 g/mol. The molecule has 12 heavy (non-hydrogen) atoms. The van der Waals surface area contributed by atoms with E-state index in [0.717, 1.165) is 0 Å². The summed E-state index contributed by atoms with van der Waals surface area (Å²) in [6.45, 7) is 5.25. The van der Waals surface area contributed by atoms with Gasteiger partial charge in [0.1, 0.15) is 0 Å². The van der Waals surface area contributed by atoms with Crippen LogP contribution in [0.2, 0.25) is 0 Å². The molecule has 0 heterocycles. The zero-order chi connectivity index (χ0) is 9.56. The Bertz CT molecular complexity index is 139. The lowest BCUT2D eigenvalue weighted by Gasteiger charge is -2.25. The quantitative estimate of drug-likeness (QED) is 0.675. The molecule has 0 bridgehead atoms. The van der Waals surface area contributed by atoms with E-state index in [1.54, 1.807) is 12.0 Å². The zero-order valence-electron chi connectivity index (χ0n) is 7.84. The Labute approximate surface area is 82.2 Å². The maximum absolute atomic E-state index is 11.3. The SMILES string of the molecule is COCCN(C(=O)CBr)C(C)C. The van der Waals surface area contributed by atoms with Crippen molar-refractivity contribution in [3.8, 4) is 0 Å². The van der Waals surface area contributed by atoms with Crippen LogP contribution in [0, 0.1) is 0 Å². The minimum absolute atomic E-state index is 0.113. The summed E-state index contributed by atoms with van der Waals surface area (Å²) in [7, 11) is 1.64. The fourth-order valence-corrected chi connectivity index (χ4v) is 1.26. The minimum Gasteiger partial charge on any atom is -0.383 e. The fourth-order valence-electron chi connectivity index (χ4n) is 0.937. The molecule has 0 aliphatic heterocycles. The van der Waals surface area contributed by atoms with E-state index in [-0.39, 0.29) is 11.9 Å². The summed E-state index contributed by atoms with van der Waals surface area (Å²) in [5.41, 5.74) is 0. The summed E-state index contributed by atoms with van der Waals surface area (Å²) < 4.78 is 4.91. The van der Waals surface area contributed by atoms with Gasteiger partial charge >= 0.3 is 0 Å². The van der Waals surface area contributed by atoms with Gasteiger partial charge in [-0.3, -0.25) is 4.79 Å². The summed E-state index contributed by atoms with van der Waals surface area (Å²) in [4.78, 5) is 13.1. The topological polar surface area (TPSA) is 29.5 Å². The van der Waals surface area contributed by atoms with Crippen molar-refractivity contribution in [2.75, 3.05) is 25.6 Å². The third-order valence-corrected chi connectivity index (χ3v) is 2.07. The normalized spacial score (nSPS) is 10.4. The molecule has 0 radical (unpaired) electrons. The van der Waals surface area contributed by atoms with Gasteiger partial charge in [0.2, 0.25) is 5.91 Å². The highest BCUT2D eigenvalue weighted by Crippen LogP contribution is 2.00. The van der Waals surface area contributed by atoms with Crippen LogP contribution in [-0.4, -0.2) is 42.4 Å². The first-order valence-electron chi connectivity index (χ1n) is 3.97. The number of nitrogens with zero attached hydrogens (tertiary/aromatic N) is 1. The number of alkyl halides is 1. The van der Waals surface area contributed by atoms with Crippen LogP contribution in [0.15, 0.2) is 0 Å². The van der Waals surface area contributed by atoms with Gasteiger partial charge in [-0.2, -0.15) is 0 Å². The smallest absolute Gasteiger partial charge is 0.233 e. The molecule has 0 aromatic rings. The number of rotatable bonds is 5. The van der Waals surface area contributed by atoms with Gasteiger partial charge < -0.3 is 9.64 Å². The Morgan fingerprint density at radius 3 is 2.50 bits per heavy atom. The lowest BCUT2D eigenvalue weighted by molar-refractivity contribution is -0.130. The van der Waals surface area contributed by atoms with Gasteiger partial charge in [0.05, 0.1) is 11.9 Å². The first-order chi connectivity index (χ1) is 5.63. The number of carbonyl (C=O) groups is 1. The van der Waals surface area contributed by atoms with Gasteiger partial charge in [-0.1, -0.05) is 15.9 Å². The van der Waals surface area contributed by atoms with Crippen molar-refractivity contribution in [2.24, 2.45) is 0 Å². The Morgan fingerprint density at radius 1 is 1.58 bits per heavy atom. The number of methoxy groups -OCH3 is 1. The van der Waals surface area contributed by atoms with E-state index in [0.29, 0.717) is 18.5 Å². The van der Waals surface area contributed by atoms with Gasteiger partial charge in [0, 0.05) is 19.7 Å². The van der Waals surface area contributed by atoms with E-state index in [4.69, 9.17) is 4.74 Å². The van der Waals surface area contributed by atoms with E-state index in [2.05, 4.69) is 15.9 Å². The lowest BCUT2D eigenvalue weighted by Crippen LogP contribution is -2.39. The van der Waals surface area contributed by atoms with E-state index in [9.17, 15) is 4.79 Å². The van der Waals surface area contributed by atoms with E-state index in [1.807, 2.05) is 13.8 Å². The van der Waals surface area contributed by atoms with E-state index < -0.39 is 0 Å². The molecular weight excluding hydrogens is 222 g/mol. The van der Waals surface area contributed by atoms with Crippen LogP contribution in [0.5, 0.6) is 0 Å². The van der Waals surface area contributed by atoms with Crippen molar-refractivity contribution >= 4 is 21.8 Å². The summed E-state index contributed by atoms with van der Waals surface area (Å²) in [5, 5.41) is 0.384. The van der Waals surface area contributed by atoms with Gasteiger partial charge in [-0.15, -0.1) is 0 Å². The molecule has 0 unspecified atom stereocenters. The van der Waals surface area contributed by atoms with Crippen molar-refractivity contribution in [3.05, 3.63) is 0 Å². The molecule has 4 heteroatoms. The first-order valence-corrected chi connectivity index (χ1v) is 5.10.